The fourth-order valence-electron chi connectivity index (χ4n) is 4.07. The highest BCUT2D eigenvalue weighted by Gasteiger charge is 2.63. The van der Waals surface area contributed by atoms with E-state index >= 15 is 0 Å². The Morgan fingerprint density at radius 1 is 1.34 bits per heavy atom. The van der Waals surface area contributed by atoms with Gasteiger partial charge in [-0.15, -0.1) is 9.48 Å². The van der Waals surface area contributed by atoms with Crippen LogP contribution < -0.4 is 10.5 Å². The predicted molar refractivity (Wildman–Crippen MR) is 109 cm³/mol. The van der Waals surface area contributed by atoms with Crippen molar-refractivity contribution in [3.8, 4) is 5.75 Å². The van der Waals surface area contributed by atoms with Crippen LogP contribution in [0.4, 0.5) is 4.79 Å². The molecule has 6 atom stereocenters. The topological polar surface area (TPSA) is 150 Å². The standard InChI is InChI=1S/C21H25N3O8/c1-29-13-6-4-12(5-7-13)19(27)24(9-8-15(22)23-21(24)28)20-18(17(26)14(11-25)31-20)32-16-3-2-10-30-16/h4-9,14,16-18,20,25-26H,2-3,10-11H2,1H3,(H-,22,23,28)/p+1/t14-,16?,17-,18-,20-,24?/m1/s1. The number of benzene rings is 1. The smallest absolute Gasteiger partial charge is 0.459 e. The first kappa shape index (κ1) is 22.5. The van der Waals surface area contributed by atoms with Crippen LogP contribution >= 0.6 is 0 Å². The van der Waals surface area contributed by atoms with E-state index in [1.807, 2.05) is 0 Å². The molecule has 2 fully saturated rings. The Bertz CT molecular complexity index is 927. The maximum absolute atomic E-state index is 13.7. The van der Waals surface area contributed by atoms with Crippen molar-refractivity contribution in [2.24, 2.45) is 10.7 Å². The van der Waals surface area contributed by atoms with Gasteiger partial charge in [-0.2, -0.15) is 0 Å². The average Bonchev–Trinajstić information content (AvgIpc) is 3.43. The number of nitrogens with zero attached hydrogens (tertiary/aromatic N) is 2. The molecule has 1 aromatic carbocycles. The molecule has 3 aliphatic rings. The number of carbonyl (C=O) groups is 2. The number of aliphatic hydroxyl groups excluding tert-OH is 2. The van der Waals surface area contributed by atoms with Gasteiger partial charge in [-0.1, -0.05) is 0 Å². The van der Waals surface area contributed by atoms with Gasteiger partial charge in [0.05, 0.1) is 19.3 Å². The lowest BCUT2D eigenvalue weighted by Crippen LogP contribution is -2.64. The highest BCUT2D eigenvalue weighted by molar-refractivity contribution is 6.05. The van der Waals surface area contributed by atoms with E-state index in [2.05, 4.69) is 4.99 Å². The fraction of sp³-hybridized carbons (Fsp3) is 0.476. The first-order valence-electron chi connectivity index (χ1n) is 10.3. The van der Waals surface area contributed by atoms with E-state index in [1.165, 1.54) is 31.5 Å². The van der Waals surface area contributed by atoms with Crippen LogP contribution in [-0.2, 0) is 14.2 Å². The van der Waals surface area contributed by atoms with Crippen molar-refractivity contribution in [1.29, 1.82) is 0 Å². The van der Waals surface area contributed by atoms with Crippen LogP contribution in [0.2, 0.25) is 0 Å². The molecule has 3 amide bonds. The lowest BCUT2D eigenvalue weighted by molar-refractivity contribution is -0.777. The van der Waals surface area contributed by atoms with Gasteiger partial charge in [0.1, 0.15) is 30.0 Å². The second-order valence-electron chi connectivity index (χ2n) is 7.73. The molecule has 0 spiro atoms. The molecule has 3 heterocycles. The van der Waals surface area contributed by atoms with Gasteiger partial charge in [0.25, 0.3) is 0 Å². The van der Waals surface area contributed by atoms with Crippen molar-refractivity contribution in [2.45, 2.75) is 43.7 Å². The van der Waals surface area contributed by atoms with Crippen LogP contribution in [0.1, 0.15) is 23.2 Å². The quantitative estimate of drug-likeness (QED) is 0.521. The Morgan fingerprint density at radius 2 is 2.09 bits per heavy atom. The van der Waals surface area contributed by atoms with Gasteiger partial charge < -0.3 is 34.9 Å². The second kappa shape index (κ2) is 9.06. The van der Waals surface area contributed by atoms with Gasteiger partial charge in [0, 0.05) is 19.1 Å². The Hall–Kier alpha value is -2.67. The normalized spacial score (nSPS) is 34.5. The maximum Gasteiger partial charge on any atom is 0.459 e. The molecule has 0 aromatic heterocycles. The number of amidine groups is 1. The summed E-state index contributed by atoms with van der Waals surface area (Å²) in [4.78, 5) is 30.8. The van der Waals surface area contributed by atoms with Crippen LogP contribution in [-0.4, -0.2) is 83.6 Å². The summed E-state index contributed by atoms with van der Waals surface area (Å²) in [5, 5.41) is 20.5. The summed E-state index contributed by atoms with van der Waals surface area (Å²) >= 11 is 0. The number of quaternary nitrogens is 1. The van der Waals surface area contributed by atoms with Crippen LogP contribution in [0.3, 0.4) is 0 Å². The van der Waals surface area contributed by atoms with Crippen LogP contribution in [0, 0.1) is 0 Å². The SMILES string of the molecule is COc1ccc(C(=O)[N+]2([C@@H]3O[C@H](CO)[C@@H](O)[C@H]3OC3CCCO3)C=CC(N)=NC2=O)cc1. The minimum atomic E-state index is -1.33. The number of hydrogen-bond acceptors (Lipinski definition) is 9. The zero-order valence-electron chi connectivity index (χ0n) is 17.5. The van der Waals surface area contributed by atoms with Crippen LogP contribution in [0.15, 0.2) is 41.5 Å². The number of amides is 3. The van der Waals surface area contributed by atoms with Crippen molar-refractivity contribution in [3.63, 3.8) is 0 Å². The average molecular weight is 448 g/mol. The molecule has 0 aliphatic carbocycles. The first-order chi connectivity index (χ1) is 15.4. The predicted octanol–water partition coefficient (Wildman–Crippen LogP) is 0.257. The van der Waals surface area contributed by atoms with E-state index in [0.29, 0.717) is 18.8 Å². The fourth-order valence-corrected chi connectivity index (χ4v) is 4.07. The minimum absolute atomic E-state index is 0.0693. The van der Waals surface area contributed by atoms with E-state index in [4.69, 9.17) is 24.7 Å². The summed E-state index contributed by atoms with van der Waals surface area (Å²) < 4.78 is 21.4. The molecule has 2 unspecified atom stereocenters. The summed E-state index contributed by atoms with van der Waals surface area (Å²) in [6.07, 6.45) is -1.54. The van der Waals surface area contributed by atoms with Gasteiger partial charge >= 0.3 is 11.9 Å². The van der Waals surface area contributed by atoms with E-state index in [1.54, 1.807) is 12.1 Å². The molecule has 4 rings (SSSR count). The lowest BCUT2D eigenvalue weighted by Gasteiger charge is -2.36. The minimum Gasteiger partial charge on any atom is -0.497 e. The Labute approximate surface area is 184 Å². The van der Waals surface area contributed by atoms with Gasteiger partial charge in [-0.3, -0.25) is 0 Å². The van der Waals surface area contributed by atoms with Crippen LogP contribution in [0.5, 0.6) is 5.75 Å². The third-order valence-electron chi connectivity index (χ3n) is 5.79. The van der Waals surface area contributed by atoms with E-state index in [0.717, 1.165) is 6.42 Å². The van der Waals surface area contributed by atoms with Crippen molar-refractivity contribution in [1.82, 2.24) is 0 Å². The van der Waals surface area contributed by atoms with Crippen molar-refractivity contribution in [2.75, 3.05) is 20.3 Å². The number of aliphatic imine (C=N–C) groups is 1. The molecule has 172 valence electrons. The highest BCUT2D eigenvalue weighted by atomic mass is 16.7. The number of ether oxygens (including phenoxy) is 4. The lowest BCUT2D eigenvalue weighted by atomic mass is 10.1. The summed E-state index contributed by atoms with van der Waals surface area (Å²) in [6, 6.07) is 5.29. The highest BCUT2D eigenvalue weighted by Crippen LogP contribution is 2.37. The maximum atomic E-state index is 13.7. The summed E-state index contributed by atoms with van der Waals surface area (Å²) in [5.74, 6) is -0.203. The third kappa shape index (κ3) is 3.83. The molecule has 4 N–H and O–H groups in total. The Morgan fingerprint density at radius 3 is 2.69 bits per heavy atom. The largest absolute Gasteiger partial charge is 0.497 e. The first-order valence-corrected chi connectivity index (χ1v) is 10.3. The van der Waals surface area contributed by atoms with Crippen LogP contribution in [0.25, 0.3) is 0 Å². The number of imide groups is 1. The van der Waals surface area contributed by atoms with Gasteiger partial charge in [0.15, 0.2) is 12.4 Å². The number of nitrogens with two attached hydrogens (primary N) is 1. The number of rotatable bonds is 6. The van der Waals surface area contributed by atoms with Gasteiger partial charge in [0.2, 0.25) is 6.23 Å². The number of carbonyl (C=O) groups excluding carboxylic acids is 2. The van der Waals surface area contributed by atoms with Crippen molar-refractivity contribution < 1.29 is 43.2 Å². The molecule has 11 heteroatoms. The van der Waals surface area contributed by atoms with Crippen molar-refractivity contribution >= 4 is 17.8 Å². The Balaban J connectivity index is 1.77. The number of urea groups is 1. The van der Waals surface area contributed by atoms with E-state index < -0.39 is 53.9 Å². The molecule has 0 saturated carbocycles. The monoisotopic (exact) mass is 448 g/mol. The zero-order valence-corrected chi connectivity index (χ0v) is 17.5. The van der Waals surface area contributed by atoms with E-state index in [-0.39, 0.29) is 11.4 Å². The molecular weight excluding hydrogens is 422 g/mol. The van der Waals surface area contributed by atoms with Gasteiger partial charge in [-0.25, -0.2) is 9.59 Å². The molecule has 2 saturated heterocycles. The van der Waals surface area contributed by atoms with Crippen molar-refractivity contribution in [3.05, 3.63) is 42.1 Å². The summed E-state index contributed by atoms with van der Waals surface area (Å²) in [7, 11) is 1.50. The van der Waals surface area contributed by atoms with E-state index in [9.17, 15) is 19.8 Å². The number of hydrogen-bond donors (Lipinski definition) is 3. The summed E-state index contributed by atoms with van der Waals surface area (Å²) in [6.45, 7) is -0.0457. The molecule has 32 heavy (non-hydrogen) atoms. The molecule has 0 radical (unpaired) electrons. The third-order valence-corrected chi connectivity index (χ3v) is 5.79. The second-order valence-corrected chi connectivity index (χ2v) is 7.73. The summed E-state index contributed by atoms with van der Waals surface area (Å²) in [5.41, 5.74) is 5.87. The van der Waals surface area contributed by atoms with Gasteiger partial charge in [-0.05, 0) is 30.7 Å². The molecule has 3 aliphatic heterocycles. The molecule has 1 aromatic rings. The Kier molecular flexibility index (Phi) is 6.38. The molecular formula is C21H26N3O8+. The number of methoxy groups -OCH3 is 1. The molecule has 11 nitrogen and oxygen atoms in total. The number of aliphatic hydroxyl groups is 2. The molecule has 0 bridgehead atoms. The zero-order chi connectivity index (χ0) is 22.9.